The van der Waals surface area contributed by atoms with Crippen molar-refractivity contribution in [2.24, 2.45) is 0 Å². The van der Waals surface area contributed by atoms with E-state index in [1.807, 2.05) is 12.1 Å². The second-order valence-electron chi connectivity index (χ2n) is 4.73. The molecule has 2 N–H and O–H groups in total. The van der Waals surface area contributed by atoms with Crippen molar-refractivity contribution >= 4 is 22.5 Å². The summed E-state index contributed by atoms with van der Waals surface area (Å²) in [6, 6.07) is 4.77. The summed E-state index contributed by atoms with van der Waals surface area (Å²) in [4.78, 5) is 11.6. The number of carbonyl (C=O) groups excluding carboxylic acids is 1. The highest BCUT2D eigenvalue weighted by molar-refractivity contribution is 7.15. The minimum atomic E-state index is -4.58. The lowest BCUT2D eigenvalue weighted by molar-refractivity contribution is -0.138. The van der Waals surface area contributed by atoms with E-state index in [-0.39, 0.29) is 29.8 Å². The number of alkyl halides is 3. The molecule has 0 unspecified atom stereocenters. The van der Waals surface area contributed by atoms with Gasteiger partial charge in [-0.1, -0.05) is 17.4 Å². The Bertz CT molecular complexity index is 750. The molecule has 2 amide bonds. The highest BCUT2D eigenvalue weighted by Crippen LogP contribution is 2.33. The molecule has 0 saturated carbocycles. The van der Waals surface area contributed by atoms with E-state index < -0.39 is 17.2 Å². The van der Waals surface area contributed by atoms with Crippen LogP contribution in [0.3, 0.4) is 0 Å². The molecule has 3 rings (SSSR count). The lowest BCUT2D eigenvalue weighted by atomic mass is 10.1. The number of nitrogens with one attached hydrogen (secondary N) is 2. The Labute approximate surface area is 137 Å². The van der Waals surface area contributed by atoms with Gasteiger partial charge < -0.3 is 14.8 Å². The topological polar surface area (TPSA) is 85.4 Å². The van der Waals surface area contributed by atoms with Crippen LogP contribution in [0.4, 0.5) is 23.1 Å². The van der Waals surface area contributed by atoms with Gasteiger partial charge in [-0.25, -0.2) is 4.79 Å². The van der Waals surface area contributed by atoms with Crippen molar-refractivity contribution in [1.82, 2.24) is 15.5 Å². The third kappa shape index (κ3) is 3.85. The van der Waals surface area contributed by atoms with Gasteiger partial charge in [0.15, 0.2) is 11.5 Å². The molecule has 0 radical (unpaired) electrons. The molecule has 2 heterocycles. The van der Waals surface area contributed by atoms with Gasteiger partial charge in [0, 0.05) is 6.54 Å². The first-order chi connectivity index (χ1) is 11.4. The number of benzene rings is 1. The summed E-state index contributed by atoms with van der Waals surface area (Å²) < 4.78 is 47.6. The molecular formula is C13H11F3N4O3S. The molecular weight excluding hydrogens is 349 g/mol. The molecule has 0 fully saturated rings. The van der Waals surface area contributed by atoms with Crippen LogP contribution in [-0.4, -0.2) is 29.6 Å². The molecule has 7 nitrogen and oxygen atoms in total. The minimum absolute atomic E-state index is 0.182. The van der Waals surface area contributed by atoms with Gasteiger partial charge in [-0.15, -0.1) is 10.2 Å². The molecule has 2 aromatic rings. The van der Waals surface area contributed by atoms with Crippen LogP contribution < -0.4 is 20.1 Å². The third-order valence-electron chi connectivity index (χ3n) is 3.02. The Balaban J connectivity index is 1.47. The van der Waals surface area contributed by atoms with E-state index in [1.165, 1.54) is 0 Å². The SMILES string of the molecule is O=C(NCCc1ccc2c(c1)OCO2)Nc1nnc(C(F)(F)F)s1. The molecule has 1 aromatic carbocycles. The molecule has 0 spiro atoms. The Morgan fingerprint density at radius 2 is 2.04 bits per heavy atom. The first kappa shape index (κ1) is 16.3. The van der Waals surface area contributed by atoms with E-state index >= 15 is 0 Å². The number of halogens is 3. The van der Waals surface area contributed by atoms with Gasteiger partial charge in [0.2, 0.25) is 16.9 Å². The van der Waals surface area contributed by atoms with Gasteiger partial charge in [0.25, 0.3) is 0 Å². The largest absolute Gasteiger partial charge is 0.454 e. The predicted octanol–water partition coefficient (Wildman–Crippen LogP) is 2.65. The van der Waals surface area contributed by atoms with Gasteiger partial charge in [0.1, 0.15) is 0 Å². The maximum Gasteiger partial charge on any atom is 0.445 e. The van der Waals surface area contributed by atoms with Crippen molar-refractivity contribution in [3.05, 3.63) is 28.8 Å². The zero-order valence-corrected chi connectivity index (χ0v) is 12.8. The van der Waals surface area contributed by atoms with Crippen molar-refractivity contribution in [3.8, 4) is 11.5 Å². The molecule has 11 heteroatoms. The van der Waals surface area contributed by atoms with Crippen molar-refractivity contribution in [2.75, 3.05) is 18.7 Å². The Morgan fingerprint density at radius 3 is 2.79 bits per heavy atom. The Kier molecular flexibility index (Phi) is 4.42. The number of hydrogen-bond acceptors (Lipinski definition) is 6. The quantitative estimate of drug-likeness (QED) is 0.876. The molecule has 128 valence electrons. The van der Waals surface area contributed by atoms with Gasteiger partial charge in [0.05, 0.1) is 0 Å². The molecule has 0 atom stereocenters. The highest BCUT2D eigenvalue weighted by atomic mass is 32.1. The number of nitrogens with zero attached hydrogens (tertiary/aromatic N) is 2. The lowest BCUT2D eigenvalue weighted by Gasteiger charge is -2.06. The fraction of sp³-hybridized carbons (Fsp3) is 0.308. The Morgan fingerprint density at radius 1 is 1.25 bits per heavy atom. The summed E-state index contributed by atoms with van der Waals surface area (Å²) in [7, 11) is 0. The van der Waals surface area contributed by atoms with Gasteiger partial charge in [-0.2, -0.15) is 13.2 Å². The maximum absolute atomic E-state index is 12.4. The number of amides is 2. The average Bonchev–Trinajstić information content (AvgIpc) is 3.15. The maximum atomic E-state index is 12.4. The normalized spacial score (nSPS) is 13.0. The number of aromatic nitrogens is 2. The first-order valence-corrected chi connectivity index (χ1v) is 7.57. The van der Waals surface area contributed by atoms with E-state index in [2.05, 4.69) is 20.8 Å². The number of anilines is 1. The second-order valence-corrected chi connectivity index (χ2v) is 5.71. The van der Waals surface area contributed by atoms with Crippen LogP contribution in [0.2, 0.25) is 0 Å². The first-order valence-electron chi connectivity index (χ1n) is 6.76. The van der Waals surface area contributed by atoms with E-state index in [0.29, 0.717) is 17.9 Å². The van der Waals surface area contributed by atoms with E-state index in [9.17, 15) is 18.0 Å². The zero-order valence-electron chi connectivity index (χ0n) is 12.0. The van der Waals surface area contributed by atoms with Crippen molar-refractivity contribution in [2.45, 2.75) is 12.6 Å². The van der Waals surface area contributed by atoms with Crippen LogP contribution in [0.25, 0.3) is 0 Å². The van der Waals surface area contributed by atoms with Crippen LogP contribution in [0.15, 0.2) is 18.2 Å². The number of carbonyl (C=O) groups is 1. The summed E-state index contributed by atoms with van der Waals surface area (Å²) in [5, 5.41) is 9.66. The van der Waals surface area contributed by atoms with Gasteiger partial charge in [-0.3, -0.25) is 5.32 Å². The third-order valence-corrected chi connectivity index (χ3v) is 3.91. The van der Waals surface area contributed by atoms with Crippen LogP contribution in [0.5, 0.6) is 11.5 Å². The molecule has 1 aromatic heterocycles. The van der Waals surface area contributed by atoms with Crippen LogP contribution in [0.1, 0.15) is 10.6 Å². The standard InChI is InChI=1S/C13H11F3N4O3S/c14-13(15,16)10-19-20-12(24-10)18-11(21)17-4-3-7-1-2-8-9(5-7)23-6-22-8/h1-2,5H,3-4,6H2,(H2,17,18,20,21). The summed E-state index contributed by atoms with van der Waals surface area (Å²) in [5.41, 5.74) is 0.926. The van der Waals surface area contributed by atoms with E-state index in [4.69, 9.17) is 9.47 Å². The zero-order chi connectivity index (χ0) is 17.2. The molecule has 0 bridgehead atoms. The number of urea groups is 1. The highest BCUT2D eigenvalue weighted by Gasteiger charge is 2.35. The number of hydrogen-bond donors (Lipinski definition) is 2. The van der Waals surface area contributed by atoms with Crippen LogP contribution in [0, 0.1) is 0 Å². The summed E-state index contributed by atoms with van der Waals surface area (Å²) in [6.45, 7) is 0.470. The molecule has 1 aliphatic rings. The smallest absolute Gasteiger partial charge is 0.445 e. The van der Waals surface area contributed by atoms with Crippen LogP contribution in [-0.2, 0) is 12.6 Å². The van der Waals surface area contributed by atoms with Crippen molar-refractivity contribution < 1.29 is 27.4 Å². The van der Waals surface area contributed by atoms with E-state index in [0.717, 1.165) is 5.56 Å². The molecule has 0 saturated heterocycles. The number of ether oxygens (including phenoxy) is 2. The lowest BCUT2D eigenvalue weighted by Crippen LogP contribution is -2.30. The summed E-state index contributed by atoms with van der Waals surface area (Å²) in [6.07, 6.45) is -4.05. The predicted molar refractivity (Wildman–Crippen MR) is 78.2 cm³/mol. The molecule has 1 aliphatic heterocycles. The van der Waals surface area contributed by atoms with Gasteiger partial charge in [-0.05, 0) is 24.1 Å². The average molecular weight is 360 g/mol. The summed E-state index contributed by atoms with van der Waals surface area (Å²) >= 11 is 0.262. The number of fused-ring (bicyclic) bond motifs is 1. The Hall–Kier alpha value is -2.56. The second kappa shape index (κ2) is 6.51. The van der Waals surface area contributed by atoms with Crippen molar-refractivity contribution in [3.63, 3.8) is 0 Å². The van der Waals surface area contributed by atoms with Gasteiger partial charge >= 0.3 is 12.2 Å². The van der Waals surface area contributed by atoms with Crippen LogP contribution >= 0.6 is 11.3 Å². The minimum Gasteiger partial charge on any atom is -0.454 e. The van der Waals surface area contributed by atoms with E-state index in [1.54, 1.807) is 6.07 Å². The molecule has 0 aliphatic carbocycles. The van der Waals surface area contributed by atoms with Crippen molar-refractivity contribution in [1.29, 1.82) is 0 Å². The fourth-order valence-electron chi connectivity index (χ4n) is 1.95. The summed E-state index contributed by atoms with van der Waals surface area (Å²) in [5.74, 6) is 1.31. The fourth-order valence-corrected chi connectivity index (χ4v) is 2.55. The monoisotopic (exact) mass is 360 g/mol. The molecule has 24 heavy (non-hydrogen) atoms. The number of rotatable bonds is 4.